The fraction of sp³-hybridized carbons (Fsp3) is 0.312. The van der Waals surface area contributed by atoms with Gasteiger partial charge in [0.1, 0.15) is 10.8 Å². The molecule has 0 spiro atoms. The van der Waals surface area contributed by atoms with Crippen molar-refractivity contribution in [3.63, 3.8) is 0 Å². The molecule has 24 heavy (non-hydrogen) atoms. The van der Waals surface area contributed by atoms with Crippen LogP contribution >= 0.6 is 23.2 Å². The average Bonchev–Trinajstić information content (AvgIpc) is 2.59. The first-order valence-corrected chi connectivity index (χ1v) is 8.29. The molecule has 0 radical (unpaired) electrons. The maximum atomic E-state index is 12.5. The SMILES string of the molecule is C[C@@H]1CNCCN1C(=O)c1ccc(Oc2cccc(Cl)c2Cl)nn1. The summed E-state index contributed by atoms with van der Waals surface area (Å²) in [6.45, 7) is 4.19. The van der Waals surface area contributed by atoms with Crippen LogP contribution in [0.15, 0.2) is 30.3 Å². The number of carbonyl (C=O) groups is 1. The fourth-order valence-electron chi connectivity index (χ4n) is 2.45. The fourth-order valence-corrected chi connectivity index (χ4v) is 2.78. The Morgan fingerprint density at radius 1 is 1.29 bits per heavy atom. The topological polar surface area (TPSA) is 67.4 Å². The van der Waals surface area contributed by atoms with Crippen molar-refractivity contribution in [1.82, 2.24) is 20.4 Å². The van der Waals surface area contributed by atoms with Gasteiger partial charge in [-0.1, -0.05) is 29.3 Å². The normalized spacial score (nSPS) is 17.6. The Morgan fingerprint density at radius 3 is 2.83 bits per heavy atom. The molecule has 2 heterocycles. The molecule has 0 aliphatic carbocycles. The minimum Gasteiger partial charge on any atom is -0.436 e. The highest BCUT2D eigenvalue weighted by Crippen LogP contribution is 2.33. The number of benzene rings is 1. The maximum Gasteiger partial charge on any atom is 0.274 e. The molecule has 3 rings (SSSR count). The Labute approximate surface area is 149 Å². The summed E-state index contributed by atoms with van der Waals surface area (Å²) in [5.41, 5.74) is 0.285. The third-order valence-corrected chi connectivity index (χ3v) is 4.55. The number of amides is 1. The molecule has 6 nitrogen and oxygen atoms in total. The van der Waals surface area contributed by atoms with Gasteiger partial charge in [0.05, 0.1) is 5.02 Å². The van der Waals surface area contributed by atoms with E-state index in [1.165, 1.54) is 0 Å². The van der Waals surface area contributed by atoms with Crippen LogP contribution in [0.2, 0.25) is 10.0 Å². The van der Waals surface area contributed by atoms with Gasteiger partial charge in [0.15, 0.2) is 5.69 Å². The molecule has 0 bridgehead atoms. The van der Waals surface area contributed by atoms with Crippen molar-refractivity contribution in [1.29, 1.82) is 0 Å². The average molecular weight is 367 g/mol. The van der Waals surface area contributed by atoms with E-state index in [2.05, 4.69) is 15.5 Å². The summed E-state index contributed by atoms with van der Waals surface area (Å²) in [5, 5.41) is 11.9. The van der Waals surface area contributed by atoms with Gasteiger partial charge >= 0.3 is 0 Å². The molecule has 1 atom stereocenters. The number of hydrogen-bond acceptors (Lipinski definition) is 5. The van der Waals surface area contributed by atoms with Crippen molar-refractivity contribution in [2.45, 2.75) is 13.0 Å². The number of nitrogens with one attached hydrogen (secondary N) is 1. The number of ether oxygens (including phenoxy) is 1. The molecule has 1 aromatic carbocycles. The highest BCUT2D eigenvalue weighted by Gasteiger charge is 2.25. The van der Waals surface area contributed by atoms with Crippen molar-refractivity contribution in [3.05, 3.63) is 46.1 Å². The second-order valence-electron chi connectivity index (χ2n) is 5.46. The molecule has 2 aromatic rings. The quantitative estimate of drug-likeness (QED) is 0.904. The van der Waals surface area contributed by atoms with Gasteiger partial charge in [-0.15, -0.1) is 10.2 Å². The summed E-state index contributed by atoms with van der Waals surface area (Å²) in [4.78, 5) is 14.3. The first kappa shape index (κ1) is 17.0. The second-order valence-corrected chi connectivity index (χ2v) is 6.25. The molecule has 1 aromatic heterocycles. The Bertz CT molecular complexity index is 739. The van der Waals surface area contributed by atoms with Crippen LogP contribution in [0.5, 0.6) is 11.6 Å². The monoisotopic (exact) mass is 366 g/mol. The van der Waals surface area contributed by atoms with Gasteiger partial charge in [-0.3, -0.25) is 4.79 Å². The lowest BCUT2D eigenvalue weighted by molar-refractivity contribution is 0.0648. The van der Waals surface area contributed by atoms with E-state index >= 15 is 0 Å². The smallest absolute Gasteiger partial charge is 0.274 e. The van der Waals surface area contributed by atoms with Crippen LogP contribution in [0.1, 0.15) is 17.4 Å². The zero-order chi connectivity index (χ0) is 17.1. The van der Waals surface area contributed by atoms with Gasteiger partial charge in [-0.05, 0) is 25.1 Å². The predicted molar refractivity (Wildman–Crippen MR) is 91.9 cm³/mol. The molecule has 1 amide bonds. The maximum absolute atomic E-state index is 12.5. The van der Waals surface area contributed by atoms with Crippen molar-refractivity contribution in [2.75, 3.05) is 19.6 Å². The highest BCUT2D eigenvalue weighted by atomic mass is 35.5. The van der Waals surface area contributed by atoms with Crippen molar-refractivity contribution >= 4 is 29.1 Å². The molecule has 1 aliphatic rings. The summed E-state index contributed by atoms with van der Waals surface area (Å²) in [6.07, 6.45) is 0. The van der Waals surface area contributed by atoms with Crippen LogP contribution in [-0.2, 0) is 0 Å². The summed E-state index contributed by atoms with van der Waals surface area (Å²) < 4.78 is 5.57. The number of rotatable bonds is 3. The molecular formula is C16H16Cl2N4O2. The van der Waals surface area contributed by atoms with Gasteiger partial charge in [0, 0.05) is 31.7 Å². The molecule has 1 fully saturated rings. The summed E-state index contributed by atoms with van der Waals surface area (Å²) in [7, 11) is 0. The van der Waals surface area contributed by atoms with E-state index < -0.39 is 0 Å². The molecule has 8 heteroatoms. The van der Waals surface area contributed by atoms with Gasteiger partial charge in [0.25, 0.3) is 5.91 Å². The lowest BCUT2D eigenvalue weighted by Gasteiger charge is -2.33. The third kappa shape index (κ3) is 3.61. The molecule has 126 valence electrons. The lowest BCUT2D eigenvalue weighted by Crippen LogP contribution is -2.52. The third-order valence-electron chi connectivity index (χ3n) is 3.75. The van der Waals surface area contributed by atoms with E-state index in [0.29, 0.717) is 22.3 Å². The number of piperazine rings is 1. The Kier molecular flexibility index (Phi) is 5.18. The molecule has 0 saturated carbocycles. The van der Waals surface area contributed by atoms with Crippen LogP contribution in [-0.4, -0.2) is 46.7 Å². The molecule has 0 unspecified atom stereocenters. The lowest BCUT2D eigenvalue weighted by atomic mass is 10.2. The minimum absolute atomic E-state index is 0.120. The number of carbonyl (C=O) groups excluding carboxylic acids is 1. The molecule has 1 N–H and O–H groups in total. The van der Waals surface area contributed by atoms with Gasteiger partial charge in [0.2, 0.25) is 5.88 Å². The van der Waals surface area contributed by atoms with Crippen molar-refractivity contribution in [3.8, 4) is 11.6 Å². The summed E-state index contributed by atoms with van der Waals surface area (Å²) >= 11 is 12.0. The summed E-state index contributed by atoms with van der Waals surface area (Å²) in [6, 6.07) is 8.37. The Morgan fingerprint density at radius 2 is 2.12 bits per heavy atom. The zero-order valence-electron chi connectivity index (χ0n) is 13.0. The van der Waals surface area contributed by atoms with E-state index in [1.54, 1.807) is 35.2 Å². The van der Waals surface area contributed by atoms with E-state index in [4.69, 9.17) is 27.9 Å². The molecule has 1 aliphatic heterocycles. The van der Waals surface area contributed by atoms with Crippen LogP contribution in [0.4, 0.5) is 0 Å². The molecular weight excluding hydrogens is 351 g/mol. The number of nitrogens with zero attached hydrogens (tertiary/aromatic N) is 3. The van der Waals surface area contributed by atoms with E-state index in [9.17, 15) is 4.79 Å². The van der Waals surface area contributed by atoms with Crippen LogP contribution in [0.25, 0.3) is 0 Å². The Balaban J connectivity index is 1.73. The number of aromatic nitrogens is 2. The van der Waals surface area contributed by atoms with Crippen molar-refractivity contribution < 1.29 is 9.53 Å². The van der Waals surface area contributed by atoms with E-state index in [0.717, 1.165) is 13.1 Å². The molecule has 1 saturated heterocycles. The van der Waals surface area contributed by atoms with Crippen LogP contribution in [0, 0.1) is 0 Å². The first-order valence-electron chi connectivity index (χ1n) is 7.53. The minimum atomic E-state index is -0.135. The predicted octanol–water partition coefficient (Wildman–Crippen LogP) is 3.01. The van der Waals surface area contributed by atoms with E-state index in [-0.39, 0.29) is 23.5 Å². The van der Waals surface area contributed by atoms with E-state index in [1.807, 2.05) is 6.92 Å². The highest BCUT2D eigenvalue weighted by molar-refractivity contribution is 6.42. The second kappa shape index (κ2) is 7.34. The zero-order valence-corrected chi connectivity index (χ0v) is 14.5. The van der Waals surface area contributed by atoms with Gasteiger partial charge in [-0.2, -0.15) is 0 Å². The van der Waals surface area contributed by atoms with Crippen molar-refractivity contribution in [2.24, 2.45) is 0 Å². The van der Waals surface area contributed by atoms with Crippen LogP contribution in [0.3, 0.4) is 0 Å². The summed E-state index contributed by atoms with van der Waals surface area (Å²) in [5.74, 6) is 0.487. The number of halogens is 2. The first-order chi connectivity index (χ1) is 11.6. The largest absolute Gasteiger partial charge is 0.436 e. The van der Waals surface area contributed by atoms with Gasteiger partial charge < -0.3 is 15.0 Å². The number of hydrogen-bond donors (Lipinski definition) is 1. The standard InChI is InChI=1S/C16H16Cl2N4O2/c1-10-9-19-7-8-22(10)16(23)12-5-6-14(21-20-12)24-13-4-2-3-11(17)15(13)18/h2-6,10,19H,7-9H2,1H3/t10-/m1/s1. The van der Waals surface area contributed by atoms with Gasteiger partial charge in [-0.25, -0.2) is 0 Å². The van der Waals surface area contributed by atoms with Crippen LogP contribution < -0.4 is 10.1 Å². The Hall–Kier alpha value is -1.89.